The highest BCUT2D eigenvalue weighted by Crippen LogP contribution is 2.27. The van der Waals surface area contributed by atoms with Gasteiger partial charge in [0.1, 0.15) is 6.04 Å². The summed E-state index contributed by atoms with van der Waals surface area (Å²) < 4.78 is 0. The van der Waals surface area contributed by atoms with Crippen molar-refractivity contribution in [3.8, 4) is 6.07 Å². The summed E-state index contributed by atoms with van der Waals surface area (Å²) in [6.07, 6.45) is 7.37. The van der Waals surface area contributed by atoms with Crippen LogP contribution in [0.2, 0.25) is 0 Å². The summed E-state index contributed by atoms with van der Waals surface area (Å²) in [5.41, 5.74) is 0.248. The molecule has 2 atom stereocenters. The van der Waals surface area contributed by atoms with Gasteiger partial charge in [-0.3, -0.25) is 4.79 Å². The van der Waals surface area contributed by atoms with Crippen LogP contribution in [0.25, 0.3) is 0 Å². The molecule has 0 saturated heterocycles. The van der Waals surface area contributed by atoms with E-state index in [-0.39, 0.29) is 17.4 Å². The van der Waals surface area contributed by atoms with Crippen molar-refractivity contribution in [2.75, 3.05) is 0 Å². The fourth-order valence-corrected chi connectivity index (χ4v) is 3.39. The molecular formula is C17H30N2O. The molecular weight excluding hydrogens is 248 g/mol. The molecule has 0 aromatic carbocycles. The third-order valence-corrected chi connectivity index (χ3v) is 4.07. The molecule has 3 heteroatoms. The monoisotopic (exact) mass is 278 g/mol. The van der Waals surface area contributed by atoms with Gasteiger partial charge in [0.15, 0.2) is 0 Å². The molecule has 0 aromatic rings. The maximum Gasteiger partial charge on any atom is 0.221 e. The van der Waals surface area contributed by atoms with Crippen LogP contribution in [0.4, 0.5) is 0 Å². The van der Waals surface area contributed by atoms with Crippen LogP contribution in [0, 0.1) is 28.6 Å². The smallest absolute Gasteiger partial charge is 0.221 e. The molecule has 1 aliphatic rings. The van der Waals surface area contributed by atoms with Crippen LogP contribution in [0.5, 0.6) is 0 Å². The first kappa shape index (κ1) is 17.0. The molecule has 114 valence electrons. The van der Waals surface area contributed by atoms with Gasteiger partial charge in [0.2, 0.25) is 5.91 Å². The first-order valence-corrected chi connectivity index (χ1v) is 8.01. The fourth-order valence-electron chi connectivity index (χ4n) is 3.39. The van der Waals surface area contributed by atoms with E-state index in [2.05, 4.69) is 39.1 Å². The van der Waals surface area contributed by atoms with E-state index in [4.69, 9.17) is 0 Å². The molecule has 2 unspecified atom stereocenters. The van der Waals surface area contributed by atoms with Gasteiger partial charge < -0.3 is 5.32 Å². The maximum absolute atomic E-state index is 12.1. The lowest BCUT2D eigenvalue weighted by molar-refractivity contribution is -0.122. The molecule has 1 amide bonds. The Hall–Kier alpha value is -1.04. The summed E-state index contributed by atoms with van der Waals surface area (Å²) in [5.74, 6) is 0.759. The van der Waals surface area contributed by atoms with E-state index in [1.165, 1.54) is 19.3 Å². The van der Waals surface area contributed by atoms with E-state index in [9.17, 15) is 10.1 Å². The molecule has 0 bridgehead atoms. The van der Waals surface area contributed by atoms with Crippen molar-refractivity contribution in [1.29, 1.82) is 5.26 Å². The van der Waals surface area contributed by atoms with Crippen molar-refractivity contribution in [2.45, 2.75) is 78.7 Å². The highest BCUT2D eigenvalue weighted by atomic mass is 16.1. The van der Waals surface area contributed by atoms with Crippen LogP contribution in [0.15, 0.2) is 0 Å². The number of nitriles is 1. The molecule has 1 rings (SSSR count). The van der Waals surface area contributed by atoms with Gasteiger partial charge in [0.05, 0.1) is 6.07 Å². The van der Waals surface area contributed by atoms with Crippen LogP contribution < -0.4 is 5.32 Å². The Kier molecular flexibility index (Phi) is 6.52. The lowest BCUT2D eigenvalue weighted by atomic mass is 9.83. The van der Waals surface area contributed by atoms with Crippen LogP contribution in [-0.2, 0) is 4.79 Å². The van der Waals surface area contributed by atoms with Crippen LogP contribution >= 0.6 is 0 Å². The number of carbonyl (C=O) groups excluding carboxylic acids is 1. The second-order valence-electron chi connectivity index (χ2n) is 7.65. The van der Waals surface area contributed by atoms with E-state index in [1.807, 2.05) is 0 Å². The van der Waals surface area contributed by atoms with Gasteiger partial charge in [0, 0.05) is 6.42 Å². The van der Waals surface area contributed by atoms with Crippen LogP contribution in [0.3, 0.4) is 0 Å². The van der Waals surface area contributed by atoms with Gasteiger partial charge in [-0.25, -0.2) is 0 Å². The molecule has 0 aliphatic heterocycles. The van der Waals surface area contributed by atoms with Gasteiger partial charge in [-0.15, -0.1) is 0 Å². The number of hydrogen-bond acceptors (Lipinski definition) is 2. The highest BCUT2D eigenvalue weighted by molar-refractivity contribution is 5.76. The lowest BCUT2D eigenvalue weighted by Crippen LogP contribution is -2.40. The number of nitrogens with zero attached hydrogens (tertiary/aromatic N) is 1. The molecule has 0 spiro atoms. The predicted molar refractivity (Wildman–Crippen MR) is 82.0 cm³/mol. The molecule has 0 heterocycles. The molecule has 20 heavy (non-hydrogen) atoms. The Morgan fingerprint density at radius 3 is 2.40 bits per heavy atom. The number of carbonyl (C=O) groups is 1. The zero-order chi connectivity index (χ0) is 15.2. The van der Waals surface area contributed by atoms with Gasteiger partial charge >= 0.3 is 0 Å². The summed E-state index contributed by atoms with van der Waals surface area (Å²) in [7, 11) is 0. The highest BCUT2D eigenvalue weighted by Gasteiger charge is 2.25. The van der Waals surface area contributed by atoms with Crippen LogP contribution in [-0.4, -0.2) is 11.9 Å². The average Bonchev–Trinajstić information content (AvgIpc) is 2.34. The molecule has 0 aromatic heterocycles. The number of nitrogens with one attached hydrogen (secondary N) is 1. The van der Waals surface area contributed by atoms with Gasteiger partial charge in [-0.2, -0.15) is 5.26 Å². The van der Waals surface area contributed by atoms with E-state index in [0.29, 0.717) is 18.3 Å². The minimum Gasteiger partial charge on any atom is -0.340 e. The van der Waals surface area contributed by atoms with Crippen molar-refractivity contribution in [1.82, 2.24) is 5.32 Å². The van der Waals surface area contributed by atoms with Gasteiger partial charge in [-0.05, 0) is 36.5 Å². The summed E-state index contributed by atoms with van der Waals surface area (Å²) in [5, 5.41) is 12.2. The summed E-state index contributed by atoms with van der Waals surface area (Å²) in [6, 6.07) is 2.00. The molecule has 1 fully saturated rings. The zero-order valence-electron chi connectivity index (χ0n) is 13.5. The second-order valence-corrected chi connectivity index (χ2v) is 7.65. The third kappa shape index (κ3) is 6.41. The summed E-state index contributed by atoms with van der Waals surface area (Å²) in [4.78, 5) is 12.1. The number of amides is 1. The maximum atomic E-state index is 12.1. The van der Waals surface area contributed by atoms with E-state index in [1.54, 1.807) is 0 Å². The largest absolute Gasteiger partial charge is 0.340 e. The first-order chi connectivity index (χ1) is 9.31. The lowest BCUT2D eigenvalue weighted by Gasteiger charge is -2.27. The Morgan fingerprint density at radius 1 is 1.30 bits per heavy atom. The second kappa shape index (κ2) is 7.67. The zero-order valence-corrected chi connectivity index (χ0v) is 13.5. The fraction of sp³-hybridized carbons (Fsp3) is 0.882. The Morgan fingerprint density at radius 2 is 1.90 bits per heavy atom. The SMILES string of the molecule is CC(CC(=O)NC(C#N)C1CCCCC1)CC(C)(C)C. The Bertz CT molecular complexity index is 345. The minimum absolute atomic E-state index is 0.0406. The van der Waals surface area contributed by atoms with Gasteiger partial charge in [0.25, 0.3) is 0 Å². The molecule has 3 nitrogen and oxygen atoms in total. The molecule has 0 radical (unpaired) electrons. The van der Waals surface area contributed by atoms with E-state index in [0.717, 1.165) is 19.3 Å². The van der Waals surface area contributed by atoms with Crippen molar-refractivity contribution in [3.63, 3.8) is 0 Å². The normalized spacial score (nSPS) is 19.9. The molecule has 1 saturated carbocycles. The standard InChI is InChI=1S/C17H30N2O/c1-13(11-17(2,3)4)10-16(20)19-15(12-18)14-8-6-5-7-9-14/h13-15H,5-11H2,1-4H3,(H,19,20). The van der Waals surface area contributed by atoms with E-state index >= 15 is 0 Å². The van der Waals surface area contributed by atoms with Crippen molar-refractivity contribution in [2.24, 2.45) is 17.3 Å². The Balaban J connectivity index is 2.41. The van der Waals surface area contributed by atoms with Gasteiger partial charge in [-0.1, -0.05) is 47.0 Å². The molecule has 1 aliphatic carbocycles. The number of rotatable bonds is 5. The predicted octanol–water partition coefficient (Wildman–Crippen LogP) is 4.04. The van der Waals surface area contributed by atoms with Crippen LogP contribution in [0.1, 0.15) is 72.6 Å². The third-order valence-electron chi connectivity index (χ3n) is 4.07. The first-order valence-electron chi connectivity index (χ1n) is 8.01. The summed E-state index contributed by atoms with van der Waals surface area (Å²) >= 11 is 0. The average molecular weight is 278 g/mol. The molecule has 1 N–H and O–H groups in total. The Labute approximate surface area is 124 Å². The van der Waals surface area contributed by atoms with Crippen molar-refractivity contribution in [3.05, 3.63) is 0 Å². The van der Waals surface area contributed by atoms with Crippen molar-refractivity contribution < 1.29 is 4.79 Å². The number of hydrogen-bond donors (Lipinski definition) is 1. The van der Waals surface area contributed by atoms with E-state index < -0.39 is 0 Å². The quantitative estimate of drug-likeness (QED) is 0.825. The summed E-state index contributed by atoms with van der Waals surface area (Å²) in [6.45, 7) is 8.71. The topological polar surface area (TPSA) is 52.9 Å². The minimum atomic E-state index is -0.287. The van der Waals surface area contributed by atoms with Crippen molar-refractivity contribution >= 4 is 5.91 Å².